The predicted octanol–water partition coefficient (Wildman–Crippen LogP) is 3.00. The molecule has 1 aromatic heterocycles. The number of ether oxygens (including phenoxy) is 1. The lowest BCUT2D eigenvalue weighted by Gasteiger charge is -2.08. The number of hydrogen-bond donors (Lipinski definition) is 0. The maximum Gasteiger partial charge on any atom is 0.181 e. The van der Waals surface area contributed by atoms with Crippen LogP contribution in [0.2, 0.25) is 5.02 Å². The van der Waals surface area contributed by atoms with Gasteiger partial charge in [0.15, 0.2) is 6.73 Å². The highest BCUT2D eigenvalue weighted by atomic mass is 35.5. The topological polar surface area (TPSA) is 44.1 Å². The summed E-state index contributed by atoms with van der Waals surface area (Å²) in [5.41, 5.74) is 2.22. The number of hydrogen-bond acceptors (Lipinski definition) is 3. The summed E-state index contributed by atoms with van der Waals surface area (Å²) < 4.78 is 7.25. The van der Waals surface area contributed by atoms with Crippen LogP contribution in [0.5, 0.6) is 5.75 Å². The van der Waals surface area contributed by atoms with E-state index in [0.29, 0.717) is 16.3 Å². The van der Waals surface area contributed by atoms with E-state index in [1.54, 1.807) is 28.9 Å². The van der Waals surface area contributed by atoms with E-state index >= 15 is 0 Å². The Labute approximate surface area is 110 Å². The molecule has 4 nitrogen and oxygen atoms in total. The quantitative estimate of drug-likeness (QED) is 0.798. The molecule has 0 bridgehead atoms. The van der Waals surface area contributed by atoms with Crippen LogP contribution in [0.4, 0.5) is 0 Å². The highest BCUT2D eigenvalue weighted by molar-refractivity contribution is 6.31. The summed E-state index contributed by atoms with van der Waals surface area (Å²) in [5.74, 6) is 0.628. The lowest BCUT2D eigenvalue weighted by atomic mass is 10.2. The fraction of sp³-hybridized carbons (Fsp3) is 0.231. The molecule has 0 aliphatic carbocycles. The minimum absolute atomic E-state index is 0.266. The highest BCUT2D eigenvalue weighted by Gasteiger charge is 2.09. The number of halogens is 1. The van der Waals surface area contributed by atoms with Gasteiger partial charge >= 0.3 is 0 Å². The number of aromatic nitrogens is 2. The number of carbonyl (C=O) groups is 1. The molecule has 0 saturated carbocycles. The summed E-state index contributed by atoms with van der Waals surface area (Å²) in [6.45, 7) is 3.99. The van der Waals surface area contributed by atoms with Crippen LogP contribution in [0.15, 0.2) is 24.3 Å². The van der Waals surface area contributed by atoms with E-state index in [-0.39, 0.29) is 6.73 Å². The Kier molecular flexibility index (Phi) is 3.67. The van der Waals surface area contributed by atoms with Crippen molar-refractivity contribution in [2.75, 3.05) is 0 Å². The Balaban J connectivity index is 2.11. The van der Waals surface area contributed by atoms with Gasteiger partial charge in [0.1, 0.15) is 12.0 Å². The SMILES string of the molecule is Cc1nn(COc2cccc(C=O)c2)c(C)c1Cl. The molecule has 0 amide bonds. The third-order valence-electron chi connectivity index (χ3n) is 2.64. The minimum Gasteiger partial charge on any atom is -0.471 e. The molecule has 1 aromatic carbocycles. The number of nitrogens with zero attached hydrogens (tertiary/aromatic N) is 2. The molecular weight excluding hydrogens is 252 g/mol. The summed E-state index contributed by atoms with van der Waals surface area (Å²) in [6, 6.07) is 6.97. The first-order chi connectivity index (χ1) is 8.61. The van der Waals surface area contributed by atoms with Crippen molar-refractivity contribution < 1.29 is 9.53 Å². The molecule has 0 aliphatic rings. The fourth-order valence-electron chi connectivity index (χ4n) is 1.61. The standard InChI is InChI=1S/C13H13ClN2O2/c1-9-13(14)10(2)16(15-9)8-18-12-5-3-4-11(6-12)7-17/h3-7H,8H2,1-2H3. The van der Waals surface area contributed by atoms with Gasteiger partial charge in [-0.1, -0.05) is 23.7 Å². The number of aryl methyl sites for hydroxylation is 1. The van der Waals surface area contributed by atoms with E-state index in [4.69, 9.17) is 16.3 Å². The molecule has 0 N–H and O–H groups in total. The van der Waals surface area contributed by atoms with Crippen LogP contribution in [0.25, 0.3) is 0 Å². The number of carbonyl (C=O) groups excluding carboxylic acids is 1. The van der Waals surface area contributed by atoms with Crippen molar-refractivity contribution in [3.63, 3.8) is 0 Å². The van der Waals surface area contributed by atoms with Gasteiger partial charge in [0.2, 0.25) is 0 Å². The average Bonchev–Trinajstić information content (AvgIpc) is 2.64. The zero-order valence-corrected chi connectivity index (χ0v) is 10.9. The van der Waals surface area contributed by atoms with Crippen LogP contribution in [0.3, 0.4) is 0 Å². The summed E-state index contributed by atoms with van der Waals surface area (Å²) in [6.07, 6.45) is 0.785. The third kappa shape index (κ3) is 2.54. The van der Waals surface area contributed by atoms with Crippen LogP contribution >= 0.6 is 11.6 Å². The third-order valence-corrected chi connectivity index (χ3v) is 3.19. The first-order valence-electron chi connectivity index (χ1n) is 5.49. The van der Waals surface area contributed by atoms with E-state index < -0.39 is 0 Å². The van der Waals surface area contributed by atoms with E-state index in [1.165, 1.54) is 0 Å². The predicted molar refractivity (Wildman–Crippen MR) is 69.2 cm³/mol. The van der Waals surface area contributed by atoms with Crippen LogP contribution < -0.4 is 4.74 Å². The van der Waals surface area contributed by atoms with Crippen molar-refractivity contribution in [3.05, 3.63) is 46.2 Å². The van der Waals surface area contributed by atoms with Gasteiger partial charge in [0, 0.05) is 5.56 Å². The molecule has 0 atom stereocenters. The van der Waals surface area contributed by atoms with Crippen molar-refractivity contribution in [1.29, 1.82) is 0 Å². The van der Waals surface area contributed by atoms with E-state index in [9.17, 15) is 4.79 Å². The zero-order valence-electron chi connectivity index (χ0n) is 10.2. The zero-order chi connectivity index (χ0) is 13.1. The molecule has 0 unspecified atom stereocenters. The normalized spacial score (nSPS) is 10.4. The van der Waals surface area contributed by atoms with Gasteiger partial charge in [0.05, 0.1) is 16.4 Å². The summed E-state index contributed by atoms with van der Waals surface area (Å²) >= 11 is 6.04. The van der Waals surface area contributed by atoms with Crippen molar-refractivity contribution in [2.45, 2.75) is 20.6 Å². The van der Waals surface area contributed by atoms with Gasteiger partial charge in [-0.3, -0.25) is 4.79 Å². The molecule has 2 rings (SSSR count). The Hall–Kier alpha value is -1.81. The smallest absolute Gasteiger partial charge is 0.181 e. The van der Waals surface area contributed by atoms with Gasteiger partial charge in [-0.25, -0.2) is 4.68 Å². The lowest BCUT2D eigenvalue weighted by Crippen LogP contribution is -2.08. The number of rotatable bonds is 4. The molecule has 0 fully saturated rings. The van der Waals surface area contributed by atoms with Crippen LogP contribution in [0, 0.1) is 13.8 Å². The highest BCUT2D eigenvalue weighted by Crippen LogP contribution is 2.19. The van der Waals surface area contributed by atoms with Gasteiger partial charge in [0.25, 0.3) is 0 Å². The maximum atomic E-state index is 10.6. The lowest BCUT2D eigenvalue weighted by molar-refractivity contribution is 0.112. The largest absolute Gasteiger partial charge is 0.471 e. The van der Waals surface area contributed by atoms with Crippen molar-refractivity contribution in [2.24, 2.45) is 0 Å². The van der Waals surface area contributed by atoms with Crippen molar-refractivity contribution in [3.8, 4) is 5.75 Å². The Morgan fingerprint density at radius 2 is 2.22 bits per heavy atom. The first kappa shape index (κ1) is 12.6. The fourth-order valence-corrected chi connectivity index (χ4v) is 1.75. The van der Waals surface area contributed by atoms with Gasteiger partial charge in [-0.15, -0.1) is 0 Å². The second kappa shape index (κ2) is 5.23. The summed E-state index contributed by atoms with van der Waals surface area (Å²) in [4.78, 5) is 10.6. The molecule has 0 saturated heterocycles. The molecule has 94 valence electrons. The molecule has 18 heavy (non-hydrogen) atoms. The van der Waals surface area contributed by atoms with Crippen molar-refractivity contribution in [1.82, 2.24) is 9.78 Å². The molecule has 0 spiro atoms. The average molecular weight is 265 g/mol. The summed E-state index contributed by atoms with van der Waals surface area (Å²) in [5, 5.41) is 4.91. The second-order valence-electron chi connectivity index (χ2n) is 3.95. The van der Waals surface area contributed by atoms with E-state index in [1.807, 2.05) is 13.8 Å². The Morgan fingerprint density at radius 1 is 1.44 bits per heavy atom. The van der Waals surface area contributed by atoms with Gasteiger partial charge in [-0.05, 0) is 26.0 Å². The second-order valence-corrected chi connectivity index (χ2v) is 4.33. The van der Waals surface area contributed by atoms with Gasteiger partial charge < -0.3 is 4.74 Å². The first-order valence-corrected chi connectivity index (χ1v) is 5.87. The molecule has 2 aromatic rings. The van der Waals surface area contributed by atoms with E-state index in [2.05, 4.69) is 5.10 Å². The van der Waals surface area contributed by atoms with E-state index in [0.717, 1.165) is 17.7 Å². The van der Waals surface area contributed by atoms with Crippen LogP contribution in [-0.2, 0) is 6.73 Å². The minimum atomic E-state index is 0.266. The van der Waals surface area contributed by atoms with Crippen LogP contribution in [0.1, 0.15) is 21.7 Å². The molecule has 5 heteroatoms. The number of aldehydes is 1. The monoisotopic (exact) mass is 264 g/mol. The van der Waals surface area contributed by atoms with Gasteiger partial charge in [-0.2, -0.15) is 5.10 Å². The van der Waals surface area contributed by atoms with Crippen molar-refractivity contribution >= 4 is 17.9 Å². The number of benzene rings is 1. The summed E-state index contributed by atoms with van der Waals surface area (Å²) in [7, 11) is 0. The molecular formula is C13H13ClN2O2. The molecule has 0 radical (unpaired) electrons. The Bertz CT molecular complexity index is 578. The van der Waals surface area contributed by atoms with Crippen LogP contribution in [-0.4, -0.2) is 16.1 Å². The maximum absolute atomic E-state index is 10.6. The molecule has 0 aliphatic heterocycles. The molecule has 1 heterocycles. The Morgan fingerprint density at radius 3 is 2.83 bits per heavy atom.